The first-order chi connectivity index (χ1) is 13.5. The van der Waals surface area contributed by atoms with Crippen LogP contribution >= 0.6 is 0 Å². The molecule has 2 aromatic rings. The predicted octanol–water partition coefficient (Wildman–Crippen LogP) is 2.40. The van der Waals surface area contributed by atoms with Crippen LogP contribution < -0.4 is 25.8 Å². The van der Waals surface area contributed by atoms with Gasteiger partial charge in [-0.25, -0.2) is 16.3 Å². The lowest BCUT2D eigenvalue weighted by Gasteiger charge is -2.17. The minimum Gasteiger partial charge on any atom is -0.493 e. The topological polar surface area (TPSA) is 84.0 Å². The molecule has 1 aliphatic rings. The second-order valence-corrected chi connectivity index (χ2v) is 6.76. The lowest BCUT2D eigenvalue weighted by molar-refractivity contribution is -0.123. The average Bonchev–Trinajstić information content (AvgIpc) is 3.13. The van der Waals surface area contributed by atoms with E-state index in [1.54, 1.807) is 14.2 Å². The quantitative estimate of drug-likeness (QED) is 0.528. The van der Waals surface area contributed by atoms with E-state index < -0.39 is 0 Å². The van der Waals surface area contributed by atoms with Crippen LogP contribution in [0.1, 0.15) is 31.0 Å². The van der Waals surface area contributed by atoms with Crippen molar-refractivity contribution >= 4 is 11.6 Å². The van der Waals surface area contributed by atoms with E-state index >= 15 is 0 Å². The highest BCUT2D eigenvalue weighted by atomic mass is 16.5. The minimum atomic E-state index is -0.382. The molecule has 0 bridgehead atoms. The number of methoxy groups -OCH3 is 2. The van der Waals surface area contributed by atoms with Crippen molar-refractivity contribution in [2.75, 3.05) is 14.2 Å². The van der Waals surface area contributed by atoms with Crippen LogP contribution in [0.2, 0.25) is 0 Å². The Labute approximate surface area is 165 Å². The zero-order valence-corrected chi connectivity index (χ0v) is 16.5. The molecule has 0 saturated carbocycles. The lowest BCUT2D eigenvalue weighted by Crippen LogP contribution is -2.43. The summed E-state index contributed by atoms with van der Waals surface area (Å²) in [5.41, 5.74) is 11.6. The fourth-order valence-electron chi connectivity index (χ4n) is 3.32. The standard InChI is InChI=1S/C21H26N4O3/c1-13-19(15-8-6-5-7-9-15)23-24-20(13)21(26)25-22-14(2)16-10-11-17(27-3)18(12-16)28-4/h5-13,19-20,23-24H,1-4H3,(H,25,26)/b22-14+. The Morgan fingerprint density at radius 3 is 2.43 bits per heavy atom. The fourth-order valence-corrected chi connectivity index (χ4v) is 3.32. The molecule has 148 valence electrons. The second kappa shape index (κ2) is 8.86. The van der Waals surface area contributed by atoms with Crippen LogP contribution in [0.3, 0.4) is 0 Å². The first-order valence-electron chi connectivity index (χ1n) is 9.17. The summed E-state index contributed by atoms with van der Waals surface area (Å²) in [6, 6.07) is 15.3. The maximum atomic E-state index is 12.6. The summed E-state index contributed by atoms with van der Waals surface area (Å²) >= 11 is 0. The fraction of sp³-hybridized carbons (Fsp3) is 0.333. The van der Waals surface area contributed by atoms with E-state index in [1.807, 2.05) is 50.2 Å². The molecule has 0 aromatic heterocycles. The maximum Gasteiger partial charge on any atom is 0.258 e. The first kappa shape index (κ1) is 19.9. The molecule has 3 unspecified atom stereocenters. The number of benzene rings is 2. The molecule has 1 aliphatic heterocycles. The van der Waals surface area contributed by atoms with Gasteiger partial charge in [-0.1, -0.05) is 37.3 Å². The van der Waals surface area contributed by atoms with E-state index in [-0.39, 0.29) is 23.9 Å². The number of hydrazine groups is 1. The molecule has 7 heteroatoms. The third-order valence-corrected chi connectivity index (χ3v) is 5.02. The number of carbonyl (C=O) groups excluding carboxylic acids is 1. The molecule has 28 heavy (non-hydrogen) atoms. The molecule has 1 amide bonds. The highest BCUT2D eigenvalue weighted by Crippen LogP contribution is 2.29. The third kappa shape index (κ3) is 4.16. The molecular weight excluding hydrogens is 356 g/mol. The molecule has 3 rings (SSSR count). The van der Waals surface area contributed by atoms with Crippen LogP contribution in [0.15, 0.2) is 53.6 Å². The van der Waals surface area contributed by atoms with Crippen molar-refractivity contribution in [3.8, 4) is 11.5 Å². The van der Waals surface area contributed by atoms with Gasteiger partial charge >= 0.3 is 0 Å². The van der Waals surface area contributed by atoms with Gasteiger partial charge in [0.2, 0.25) is 0 Å². The SMILES string of the molecule is COc1ccc(/C(C)=N/NC(=O)C2NNC(c3ccccc3)C2C)cc1OC. The van der Waals surface area contributed by atoms with Crippen LogP contribution in [0, 0.1) is 5.92 Å². The van der Waals surface area contributed by atoms with Gasteiger partial charge in [-0.15, -0.1) is 0 Å². The molecule has 3 N–H and O–H groups in total. The van der Waals surface area contributed by atoms with Gasteiger partial charge in [-0.2, -0.15) is 5.10 Å². The van der Waals surface area contributed by atoms with Crippen LogP contribution in [0.5, 0.6) is 11.5 Å². The number of carbonyl (C=O) groups is 1. The third-order valence-electron chi connectivity index (χ3n) is 5.02. The van der Waals surface area contributed by atoms with Gasteiger partial charge in [0.15, 0.2) is 11.5 Å². The van der Waals surface area contributed by atoms with E-state index in [9.17, 15) is 4.79 Å². The number of amides is 1. The van der Waals surface area contributed by atoms with E-state index in [0.29, 0.717) is 17.2 Å². The summed E-state index contributed by atoms with van der Waals surface area (Å²) in [6.45, 7) is 3.87. The Morgan fingerprint density at radius 1 is 1.04 bits per heavy atom. The smallest absolute Gasteiger partial charge is 0.258 e. The monoisotopic (exact) mass is 382 g/mol. The van der Waals surface area contributed by atoms with Crippen molar-refractivity contribution in [1.82, 2.24) is 16.3 Å². The number of ether oxygens (including phenoxy) is 2. The maximum absolute atomic E-state index is 12.6. The van der Waals surface area contributed by atoms with Gasteiger partial charge in [0.1, 0.15) is 6.04 Å². The lowest BCUT2D eigenvalue weighted by atomic mass is 9.91. The molecule has 3 atom stereocenters. The molecule has 7 nitrogen and oxygen atoms in total. The summed E-state index contributed by atoms with van der Waals surface area (Å²) in [6.07, 6.45) is 0. The summed E-state index contributed by atoms with van der Waals surface area (Å²) in [5.74, 6) is 1.14. The zero-order chi connectivity index (χ0) is 20.1. The number of hydrazone groups is 1. The largest absolute Gasteiger partial charge is 0.493 e. The zero-order valence-electron chi connectivity index (χ0n) is 16.5. The number of hydrogen-bond acceptors (Lipinski definition) is 6. The predicted molar refractivity (Wildman–Crippen MR) is 108 cm³/mol. The number of nitrogens with zero attached hydrogens (tertiary/aromatic N) is 1. The second-order valence-electron chi connectivity index (χ2n) is 6.76. The summed E-state index contributed by atoms with van der Waals surface area (Å²) in [4.78, 5) is 12.6. The highest BCUT2D eigenvalue weighted by Gasteiger charge is 2.37. The van der Waals surface area contributed by atoms with Crippen molar-refractivity contribution in [2.24, 2.45) is 11.0 Å². The Hall–Kier alpha value is -2.90. The van der Waals surface area contributed by atoms with Gasteiger partial charge in [-0.05, 0) is 30.7 Å². The van der Waals surface area contributed by atoms with Gasteiger partial charge in [0.05, 0.1) is 26.0 Å². The molecule has 0 radical (unpaired) electrons. The van der Waals surface area contributed by atoms with E-state index in [4.69, 9.17) is 9.47 Å². The van der Waals surface area contributed by atoms with Crippen LogP contribution in [-0.2, 0) is 4.79 Å². The summed E-state index contributed by atoms with van der Waals surface area (Å²) in [5, 5.41) is 4.25. The van der Waals surface area contributed by atoms with Crippen molar-refractivity contribution in [1.29, 1.82) is 0 Å². The van der Waals surface area contributed by atoms with Crippen molar-refractivity contribution in [3.63, 3.8) is 0 Å². The molecule has 0 aliphatic carbocycles. The minimum absolute atomic E-state index is 0.0628. The Bertz CT molecular complexity index is 854. The van der Waals surface area contributed by atoms with Crippen LogP contribution in [0.4, 0.5) is 0 Å². The molecule has 0 spiro atoms. The normalized spacial score (nSPS) is 22.0. The Kier molecular flexibility index (Phi) is 6.28. The number of rotatable bonds is 6. The van der Waals surface area contributed by atoms with E-state index in [1.165, 1.54) is 0 Å². The number of nitrogens with one attached hydrogen (secondary N) is 3. The van der Waals surface area contributed by atoms with Crippen molar-refractivity contribution in [2.45, 2.75) is 25.9 Å². The Balaban J connectivity index is 1.66. The molecular formula is C21H26N4O3. The van der Waals surface area contributed by atoms with Gasteiger partial charge in [-0.3, -0.25) is 4.79 Å². The molecule has 2 aromatic carbocycles. The average molecular weight is 382 g/mol. The van der Waals surface area contributed by atoms with E-state index in [0.717, 1.165) is 11.1 Å². The van der Waals surface area contributed by atoms with E-state index in [2.05, 4.69) is 33.5 Å². The number of hydrogen-bond donors (Lipinski definition) is 3. The summed E-state index contributed by atoms with van der Waals surface area (Å²) in [7, 11) is 3.17. The molecule has 1 saturated heterocycles. The Morgan fingerprint density at radius 2 is 1.75 bits per heavy atom. The highest BCUT2D eigenvalue weighted by molar-refractivity contribution is 6.00. The van der Waals surface area contributed by atoms with Gasteiger partial charge in [0.25, 0.3) is 5.91 Å². The van der Waals surface area contributed by atoms with Crippen molar-refractivity contribution < 1.29 is 14.3 Å². The summed E-state index contributed by atoms with van der Waals surface area (Å²) < 4.78 is 10.6. The first-order valence-corrected chi connectivity index (χ1v) is 9.17. The van der Waals surface area contributed by atoms with Crippen LogP contribution in [0.25, 0.3) is 0 Å². The molecule has 1 fully saturated rings. The van der Waals surface area contributed by atoms with Gasteiger partial charge < -0.3 is 9.47 Å². The van der Waals surface area contributed by atoms with Crippen molar-refractivity contribution in [3.05, 3.63) is 59.7 Å². The van der Waals surface area contributed by atoms with Crippen LogP contribution in [-0.4, -0.2) is 31.9 Å². The molecule has 1 heterocycles. The van der Waals surface area contributed by atoms with Gasteiger partial charge in [0, 0.05) is 11.5 Å².